The summed E-state index contributed by atoms with van der Waals surface area (Å²) in [4.78, 5) is 29.0. The van der Waals surface area contributed by atoms with E-state index in [1.807, 2.05) is 72.8 Å². The summed E-state index contributed by atoms with van der Waals surface area (Å²) >= 11 is 6.07. The number of anilines is 1. The van der Waals surface area contributed by atoms with E-state index in [1.54, 1.807) is 17.0 Å². The zero-order chi connectivity index (χ0) is 27.3. The van der Waals surface area contributed by atoms with Crippen molar-refractivity contribution in [3.8, 4) is 17.2 Å². The molecule has 4 aromatic rings. The average Bonchev–Trinajstić information content (AvgIpc) is 3.64. The maximum Gasteiger partial charge on any atom is 0.251 e. The molecule has 3 heterocycles. The highest BCUT2D eigenvalue weighted by atomic mass is 35.5. The lowest BCUT2D eigenvalue weighted by Crippen LogP contribution is -2.42. The van der Waals surface area contributed by atoms with E-state index in [-0.39, 0.29) is 25.2 Å². The number of nitrogens with zero attached hydrogens (tertiary/aromatic N) is 1. The van der Waals surface area contributed by atoms with Crippen LogP contribution in [0.2, 0.25) is 5.02 Å². The lowest BCUT2D eigenvalue weighted by atomic mass is 9.77. The number of fused-ring (bicyclic) bond motifs is 5. The third-order valence-electron chi connectivity index (χ3n) is 7.76. The maximum atomic E-state index is 14.3. The summed E-state index contributed by atoms with van der Waals surface area (Å²) in [5.74, 6) is 1.63. The van der Waals surface area contributed by atoms with E-state index in [4.69, 9.17) is 25.8 Å². The zero-order valence-corrected chi connectivity index (χ0v) is 22.2. The molecular formula is C32H25ClN2O5. The van der Waals surface area contributed by atoms with Crippen LogP contribution in [0.25, 0.3) is 0 Å². The molecule has 8 heteroatoms. The van der Waals surface area contributed by atoms with Crippen molar-refractivity contribution in [3.63, 3.8) is 0 Å². The molecule has 2 amide bonds. The van der Waals surface area contributed by atoms with Gasteiger partial charge in [0.05, 0.1) is 6.54 Å². The number of amides is 2. The Hall–Kier alpha value is -4.49. The molecule has 0 fully saturated rings. The Morgan fingerprint density at radius 1 is 0.850 bits per heavy atom. The fraction of sp³-hybridized carbons (Fsp3) is 0.188. The summed E-state index contributed by atoms with van der Waals surface area (Å²) in [6.07, 6.45) is 0.678. The number of carbonyl (C=O) groups excluding carboxylic acids is 2. The van der Waals surface area contributed by atoms with Crippen LogP contribution in [0.5, 0.6) is 17.2 Å². The van der Waals surface area contributed by atoms with E-state index < -0.39 is 5.41 Å². The third-order valence-corrected chi connectivity index (χ3v) is 8.00. The molecule has 7 nitrogen and oxygen atoms in total. The van der Waals surface area contributed by atoms with Crippen molar-refractivity contribution in [1.29, 1.82) is 0 Å². The SMILES string of the molecule is O=C(NCCc1cccc(Cl)c1)c1cccc(CN2C(=O)C3(COc4cc5c(cc43)OCO5)c3ccccc32)c1. The van der Waals surface area contributed by atoms with Crippen LogP contribution in [-0.2, 0) is 23.2 Å². The predicted octanol–water partition coefficient (Wildman–Crippen LogP) is 5.27. The van der Waals surface area contributed by atoms with Gasteiger partial charge in [-0.05, 0) is 59.5 Å². The highest BCUT2D eigenvalue weighted by Crippen LogP contribution is 2.55. The van der Waals surface area contributed by atoms with Gasteiger partial charge in [-0.1, -0.05) is 54.1 Å². The van der Waals surface area contributed by atoms with Crippen molar-refractivity contribution in [2.75, 3.05) is 24.8 Å². The van der Waals surface area contributed by atoms with Crippen molar-refractivity contribution in [1.82, 2.24) is 5.32 Å². The smallest absolute Gasteiger partial charge is 0.251 e. The van der Waals surface area contributed by atoms with Crippen LogP contribution in [0.4, 0.5) is 5.69 Å². The van der Waals surface area contributed by atoms with Gasteiger partial charge in [0, 0.05) is 34.4 Å². The second kappa shape index (κ2) is 9.61. The second-order valence-corrected chi connectivity index (χ2v) is 10.6. The molecule has 3 aliphatic rings. The normalized spacial score (nSPS) is 18.0. The fourth-order valence-corrected chi connectivity index (χ4v) is 6.04. The van der Waals surface area contributed by atoms with Crippen LogP contribution in [0.15, 0.2) is 84.9 Å². The first kappa shape index (κ1) is 24.5. The molecular weight excluding hydrogens is 528 g/mol. The van der Waals surface area contributed by atoms with Crippen molar-refractivity contribution in [2.45, 2.75) is 18.4 Å². The van der Waals surface area contributed by atoms with Gasteiger partial charge in [0.2, 0.25) is 12.7 Å². The minimum absolute atomic E-state index is 0.0670. The number of carbonyl (C=O) groups is 2. The molecule has 200 valence electrons. The Morgan fingerprint density at radius 3 is 2.52 bits per heavy atom. The number of nitrogens with one attached hydrogen (secondary N) is 1. The Bertz CT molecular complexity index is 1670. The van der Waals surface area contributed by atoms with E-state index in [0.717, 1.165) is 27.9 Å². The van der Waals surface area contributed by atoms with E-state index >= 15 is 0 Å². The Labute approximate surface area is 236 Å². The topological polar surface area (TPSA) is 77.1 Å². The molecule has 0 saturated heterocycles. The average molecular weight is 553 g/mol. The summed E-state index contributed by atoms with van der Waals surface area (Å²) in [7, 11) is 0. The van der Waals surface area contributed by atoms with Crippen LogP contribution in [0, 0.1) is 0 Å². The first-order chi connectivity index (χ1) is 19.5. The third kappa shape index (κ3) is 3.97. The molecule has 1 unspecified atom stereocenters. The summed E-state index contributed by atoms with van der Waals surface area (Å²) in [6, 6.07) is 26.5. The monoisotopic (exact) mass is 552 g/mol. The minimum Gasteiger partial charge on any atom is -0.491 e. The molecule has 0 aliphatic carbocycles. The second-order valence-electron chi connectivity index (χ2n) is 10.1. The summed E-state index contributed by atoms with van der Waals surface area (Å²) in [5.41, 5.74) is 3.99. The number of para-hydroxylation sites is 1. The van der Waals surface area contributed by atoms with Crippen LogP contribution >= 0.6 is 11.6 Å². The Kier molecular flexibility index (Phi) is 5.90. The molecule has 7 rings (SSSR count). The fourth-order valence-electron chi connectivity index (χ4n) is 5.83. The van der Waals surface area contributed by atoms with Crippen LogP contribution in [0.1, 0.15) is 32.6 Å². The lowest BCUT2D eigenvalue weighted by Gasteiger charge is -2.23. The number of hydrogen-bond donors (Lipinski definition) is 1. The van der Waals surface area contributed by atoms with Gasteiger partial charge in [-0.25, -0.2) is 0 Å². The summed E-state index contributed by atoms with van der Waals surface area (Å²) in [5, 5.41) is 3.66. The van der Waals surface area contributed by atoms with Gasteiger partial charge in [0.25, 0.3) is 5.91 Å². The molecule has 1 atom stereocenters. The highest BCUT2D eigenvalue weighted by molar-refractivity contribution is 6.30. The van der Waals surface area contributed by atoms with Crippen LogP contribution in [-0.4, -0.2) is 31.8 Å². The van der Waals surface area contributed by atoms with Gasteiger partial charge in [-0.2, -0.15) is 0 Å². The van der Waals surface area contributed by atoms with Gasteiger partial charge in [-0.15, -0.1) is 0 Å². The highest BCUT2D eigenvalue weighted by Gasteiger charge is 2.57. The largest absolute Gasteiger partial charge is 0.491 e. The van der Waals surface area contributed by atoms with E-state index in [9.17, 15) is 9.59 Å². The number of ether oxygens (including phenoxy) is 3. The molecule has 40 heavy (non-hydrogen) atoms. The Morgan fingerprint density at radius 2 is 1.65 bits per heavy atom. The number of halogens is 1. The minimum atomic E-state index is -0.970. The zero-order valence-electron chi connectivity index (χ0n) is 21.5. The molecule has 0 bridgehead atoms. The van der Waals surface area contributed by atoms with Gasteiger partial charge in [0.15, 0.2) is 11.5 Å². The Balaban J connectivity index is 1.13. The lowest BCUT2D eigenvalue weighted by molar-refractivity contribution is -0.122. The van der Waals surface area contributed by atoms with E-state index in [0.29, 0.717) is 47.3 Å². The molecule has 4 aromatic carbocycles. The van der Waals surface area contributed by atoms with Gasteiger partial charge in [-0.3, -0.25) is 9.59 Å². The van der Waals surface area contributed by atoms with E-state index in [1.165, 1.54) is 0 Å². The molecule has 0 saturated carbocycles. The van der Waals surface area contributed by atoms with Crippen molar-refractivity contribution in [3.05, 3.63) is 118 Å². The van der Waals surface area contributed by atoms with Crippen LogP contribution < -0.4 is 24.4 Å². The standard InChI is InChI=1S/C32H25ClN2O5/c33-23-8-4-5-20(14-23)11-12-34-30(36)22-7-3-6-21(13-22)17-35-26-10-2-1-9-24(26)32(31(35)37)18-38-27-16-29-28(15-25(27)32)39-19-40-29/h1-10,13-16H,11-12,17-19H2,(H,34,36). The number of hydrogen-bond acceptors (Lipinski definition) is 5. The molecule has 0 radical (unpaired) electrons. The number of rotatable bonds is 6. The van der Waals surface area contributed by atoms with Crippen molar-refractivity contribution in [2.24, 2.45) is 0 Å². The van der Waals surface area contributed by atoms with Gasteiger partial charge in [0.1, 0.15) is 17.8 Å². The van der Waals surface area contributed by atoms with E-state index in [2.05, 4.69) is 5.32 Å². The molecule has 0 aromatic heterocycles. The predicted molar refractivity (Wildman–Crippen MR) is 150 cm³/mol. The molecule has 1 N–H and O–H groups in total. The molecule has 3 aliphatic heterocycles. The first-order valence-corrected chi connectivity index (χ1v) is 13.5. The number of benzene rings is 4. The first-order valence-electron chi connectivity index (χ1n) is 13.1. The van der Waals surface area contributed by atoms with Crippen molar-refractivity contribution >= 4 is 29.1 Å². The summed E-state index contributed by atoms with van der Waals surface area (Å²) < 4.78 is 17.2. The maximum absolute atomic E-state index is 14.3. The van der Waals surface area contributed by atoms with Crippen molar-refractivity contribution < 1.29 is 23.8 Å². The van der Waals surface area contributed by atoms with Gasteiger partial charge < -0.3 is 24.4 Å². The summed E-state index contributed by atoms with van der Waals surface area (Å²) in [6.45, 7) is 1.15. The van der Waals surface area contributed by atoms with Gasteiger partial charge >= 0.3 is 0 Å². The molecule has 1 spiro atoms. The quantitative estimate of drug-likeness (QED) is 0.353. The van der Waals surface area contributed by atoms with Crippen LogP contribution in [0.3, 0.4) is 0 Å².